The number of hydrogen-bond donors (Lipinski definition) is 3. The zero-order valence-corrected chi connectivity index (χ0v) is 20.7. The Labute approximate surface area is 223 Å². The van der Waals surface area contributed by atoms with Crippen molar-refractivity contribution in [3.63, 3.8) is 0 Å². The van der Waals surface area contributed by atoms with Crippen LogP contribution in [0, 0.1) is 0 Å². The Kier molecular flexibility index (Phi) is 6.01. The van der Waals surface area contributed by atoms with Crippen LogP contribution in [-0.4, -0.2) is 27.5 Å². The van der Waals surface area contributed by atoms with E-state index in [0.29, 0.717) is 5.56 Å². The van der Waals surface area contributed by atoms with Gasteiger partial charge in [-0.15, -0.1) is 0 Å². The van der Waals surface area contributed by atoms with E-state index in [1.807, 2.05) is 83.4 Å². The summed E-state index contributed by atoms with van der Waals surface area (Å²) in [5.74, 6) is -1.88. The number of carbonyl (C=O) groups is 3. The zero-order chi connectivity index (χ0) is 26.9. The maximum Gasteiger partial charge on any atom is 0.335 e. The molecule has 0 bridgehead atoms. The smallest absolute Gasteiger partial charge is 0.335 e. The number of amides is 2. The number of benzene rings is 5. The standard InChI is InChI=1S/C32H23N3O4/c36-30(19-35-28-11-5-3-9-26(28)27-10-4-6-12-29(27)35)33-24-16-23(32(38)39)17-25(18-24)34-31(37)22-14-13-20-7-1-2-8-21(20)15-22/h1-18H,19H2,(H,33,36)(H,34,37)(H,38,39). The van der Waals surface area contributed by atoms with E-state index >= 15 is 0 Å². The van der Waals surface area contributed by atoms with Crippen molar-refractivity contribution in [1.82, 2.24) is 4.57 Å². The SMILES string of the molecule is O=C(Cn1c2ccccc2c2ccccc21)Nc1cc(NC(=O)c2ccc3ccccc3c2)cc(C(=O)O)c1. The lowest BCUT2D eigenvalue weighted by Crippen LogP contribution is -2.19. The molecular formula is C32H23N3O4. The van der Waals surface area contributed by atoms with Crippen LogP contribution in [0.3, 0.4) is 0 Å². The van der Waals surface area contributed by atoms with E-state index in [2.05, 4.69) is 10.6 Å². The van der Waals surface area contributed by atoms with Gasteiger partial charge in [-0.1, -0.05) is 66.7 Å². The molecule has 190 valence electrons. The first-order valence-corrected chi connectivity index (χ1v) is 12.4. The molecule has 0 atom stereocenters. The average molecular weight is 514 g/mol. The predicted octanol–water partition coefficient (Wildman–Crippen LogP) is 6.54. The van der Waals surface area contributed by atoms with Crippen LogP contribution < -0.4 is 10.6 Å². The lowest BCUT2D eigenvalue weighted by molar-refractivity contribution is -0.116. The van der Waals surface area contributed by atoms with E-state index in [0.717, 1.165) is 32.6 Å². The van der Waals surface area contributed by atoms with Crippen molar-refractivity contribution in [2.75, 3.05) is 10.6 Å². The highest BCUT2D eigenvalue weighted by Gasteiger charge is 2.15. The highest BCUT2D eigenvalue weighted by atomic mass is 16.4. The number of aromatic carboxylic acids is 1. The van der Waals surface area contributed by atoms with Crippen molar-refractivity contribution < 1.29 is 19.5 Å². The molecule has 0 radical (unpaired) electrons. The van der Waals surface area contributed by atoms with Gasteiger partial charge in [0.1, 0.15) is 6.54 Å². The Morgan fingerprint density at radius 2 is 1.21 bits per heavy atom. The first kappa shape index (κ1) is 23.9. The highest BCUT2D eigenvalue weighted by Crippen LogP contribution is 2.29. The van der Waals surface area contributed by atoms with Crippen molar-refractivity contribution in [1.29, 1.82) is 0 Å². The van der Waals surface area contributed by atoms with E-state index in [-0.39, 0.29) is 35.3 Å². The monoisotopic (exact) mass is 513 g/mol. The van der Waals surface area contributed by atoms with Crippen molar-refractivity contribution in [3.8, 4) is 0 Å². The third kappa shape index (κ3) is 4.69. The van der Waals surface area contributed by atoms with Crippen LogP contribution in [0.5, 0.6) is 0 Å². The summed E-state index contributed by atoms with van der Waals surface area (Å²) in [5.41, 5.74) is 2.77. The third-order valence-electron chi connectivity index (χ3n) is 6.71. The highest BCUT2D eigenvalue weighted by molar-refractivity contribution is 6.10. The summed E-state index contributed by atoms with van der Waals surface area (Å²) in [6.45, 7) is 0.0319. The predicted molar refractivity (Wildman–Crippen MR) is 153 cm³/mol. The van der Waals surface area contributed by atoms with Crippen LogP contribution in [0.4, 0.5) is 11.4 Å². The van der Waals surface area contributed by atoms with E-state index in [4.69, 9.17) is 0 Å². The van der Waals surface area contributed by atoms with Crippen molar-refractivity contribution >= 4 is 61.7 Å². The second-order valence-electron chi connectivity index (χ2n) is 9.29. The van der Waals surface area contributed by atoms with Gasteiger partial charge in [0.15, 0.2) is 0 Å². The number of nitrogens with one attached hydrogen (secondary N) is 2. The molecule has 39 heavy (non-hydrogen) atoms. The molecule has 6 aromatic rings. The van der Waals surface area contributed by atoms with E-state index in [1.54, 1.807) is 18.2 Å². The summed E-state index contributed by atoms with van der Waals surface area (Å²) < 4.78 is 1.93. The molecule has 0 aliphatic carbocycles. The molecule has 0 fully saturated rings. The molecular weight excluding hydrogens is 490 g/mol. The Hall–Kier alpha value is -5.43. The number of fused-ring (bicyclic) bond motifs is 4. The Balaban J connectivity index is 1.27. The molecule has 5 aromatic carbocycles. The number of carboxylic acid groups (broad SMARTS) is 1. The Morgan fingerprint density at radius 1 is 0.615 bits per heavy atom. The van der Waals surface area contributed by atoms with Crippen LogP contribution in [-0.2, 0) is 11.3 Å². The summed E-state index contributed by atoms with van der Waals surface area (Å²) in [5, 5.41) is 19.3. The molecule has 7 heteroatoms. The van der Waals surface area contributed by atoms with Gasteiger partial charge in [-0.3, -0.25) is 9.59 Å². The minimum atomic E-state index is -1.17. The molecule has 0 aliphatic heterocycles. The quantitative estimate of drug-likeness (QED) is 0.236. The number of rotatable bonds is 6. The Bertz CT molecular complexity index is 1870. The number of carbonyl (C=O) groups excluding carboxylic acids is 2. The molecule has 0 unspecified atom stereocenters. The van der Waals surface area contributed by atoms with Crippen molar-refractivity contribution in [2.24, 2.45) is 0 Å². The number of para-hydroxylation sites is 2. The van der Waals surface area contributed by atoms with Crippen LogP contribution >= 0.6 is 0 Å². The summed E-state index contributed by atoms with van der Waals surface area (Å²) in [7, 11) is 0. The normalized spacial score (nSPS) is 11.1. The summed E-state index contributed by atoms with van der Waals surface area (Å²) in [6.07, 6.45) is 0. The second kappa shape index (κ2) is 9.79. The third-order valence-corrected chi connectivity index (χ3v) is 6.71. The molecule has 6 rings (SSSR count). The first-order valence-electron chi connectivity index (χ1n) is 12.4. The summed E-state index contributed by atoms with van der Waals surface area (Å²) in [4.78, 5) is 38.0. The first-order chi connectivity index (χ1) is 19.0. The van der Waals surface area contributed by atoms with Gasteiger partial charge in [0.25, 0.3) is 5.91 Å². The average Bonchev–Trinajstić information content (AvgIpc) is 3.26. The van der Waals surface area contributed by atoms with Crippen molar-refractivity contribution in [3.05, 3.63) is 120 Å². The summed E-state index contributed by atoms with van der Waals surface area (Å²) >= 11 is 0. The summed E-state index contributed by atoms with van der Waals surface area (Å²) in [6, 6.07) is 33.1. The largest absolute Gasteiger partial charge is 0.478 e. The van der Waals surface area contributed by atoms with Gasteiger partial charge in [-0.2, -0.15) is 0 Å². The van der Waals surface area contributed by atoms with Gasteiger partial charge < -0.3 is 20.3 Å². The second-order valence-corrected chi connectivity index (χ2v) is 9.29. The number of aromatic nitrogens is 1. The lowest BCUT2D eigenvalue weighted by atomic mass is 10.1. The molecule has 0 aliphatic rings. The van der Waals surface area contributed by atoms with Gasteiger partial charge in [0, 0.05) is 38.7 Å². The molecule has 1 heterocycles. The molecule has 7 nitrogen and oxygen atoms in total. The maximum atomic E-state index is 13.2. The molecule has 1 aromatic heterocycles. The number of nitrogens with zero attached hydrogens (tertiary/aromatic N) is 1. The topological polar surface area (TPSA) is 100 Å². The molecule has 3 N–H and O–H groups in total. The van der Waals surface area contributed by atoms with Gasteiger partial charge in [0.05, 0.1) is 5.56 Å². The van der Waals surface area contributed by atoms with E-state index in [9.17, 15) is 19.5 Å². The molecule has 0 saturated carbocycles. The Morgan fingerprint density at radius 3 is 1.87 bits per heavy atom. The van der Waals surface area contributed by atoms with Crippen molar-refractivity contribution in [2.45, 2.75) is 6.54 Å². The molecule has 2 amide bonds. The maximum absolute atomic E-state index is 13.2. The van der Waals surface area contributed by atoms with Crippen LogP contribution in [0.25, 0.3) is 32.6 Å². The van der Waals surface area contributed by atoms with Gasteiger partial charge >= 0.3 is 5.97 Å². The fourth-order valence-corrected chi connectivity index (χ4v) is 4.95. The molecule has 0 spiro atoms. The minimum absolute atomic E-state index is 0.0319. The lowest BCUT2D eigenvalue weighted by Gasteiger charge is -2.12. The van der Waals surface area contributed by atoms with E-state index < -0.39 is 5.97 Å². The van der Waals surface area contributed by atoms with Gasteiger partial charge in [0.2, 0.25) is 5.91 Å². The molecule has 0 saturated heterocycles. The fraction of sp³-hybridized carbons (Fsp3) is 0.0312. The number of anilines is 2. The van der Waals surface area contributed by atoms with Crippen LogP contribution in [0.15, 0.2) is 109 Å². The van der Waals surface area contributed by atoms with Crippen LogP contribution in [0.1, 0.15) is 20.7 Å². The van der Waals surface area contributed by atoms with E-state index in [1.165, 1.54) is 12.1 Å². The number of carboxylic acids is 1. The van der Waals surface area contributed by atoms with Gasteiger partial charge in [-0.25, -0.2) is 4.79 Å². The van der Waals surface area contributed by atoms with Crippen LogP contribution in [0.2, 0.25) is 0 Å². The fourth-order valence-electron chi connectivity index (χ4n) is 4.95. The van der Waals surface area contributed by atoms with Gasteiger partial charge in [-0.05, 0) is 53.2 Å². The minimum Gasteiger partial charge on any atom is -0.478 e. The zero-order valence-electron chi connectivity index (χ0n) is 20.7. The number of hydrogen-bond acceptors (Lipinski definition) is 3.